The number of morpholine rings is 1. The summed E-state index contributed by atoms with van der Waals surface area (Å²) in [6, 6.07) is 9.84. The van der Waals surface area contributed by atoms with Gasteiger partial charge < -0.3 is 14.6 Å². The van der Waals surface area contributed by atoms with Crippen molar-refractivity contribution in [1.29, 1.82) is 0 Å². The number of fused-ring (bicyclic) bond motifs is 1. The highest BCUT2D eigenvalue weighted by Gasteiger charge is 2.36. The van der Waals surface area contributed by atoms with E-state index >= 15 is 0 Å². The standard InChI is InChI=1S/C32H42N4O3S/c1-21-7-8-24(34-30(37)28-9-10-29(40-28)32(3,4)5)19-25(21)26-18-23-20-33-22(2)17-27(23)36(31(26)38)12-6-11-35-13-15-39-16-14-35/h7-8,17-20,28-29H,6,9-16H2,1-5H3,(H,34,37). The zero-order chi connectivity index (χ0) is 28.4. The van der Waals surface area contributed by atoms with E-state index in [1.54, 1.807) is 11.8 Å². The third-order valence-corrected chi connectivity index (χ3v) is 10.2. The molecule has 0 bridgehead atoms. The molecule has 0 spiro atoms. The van der Waals surface area contributed by atoms with Crippen LogP contribution in [0, 0.1) is 19.3 Å². The number of hydrogen-bond acceptors (Lipinski definition) is 6. The van der Waals surface area contributed by atoms with Gasteiger partial charge in [-0.05, 0) is 73.9 Å². The summed E-state index contributed by atoms with van der Waals surface area (Å²) in [6.07, 6.45) is 4.68. The van der Waals surface area contributed by atoms with E-state index in [0.29, 0.717) is 17.4 Å². The lowest BCUT2D eigenvalue weighted by Gasteiger charge is -2.26. The monoisotopic (exact) mass is 562 g/mol. The lowest BCUT2D eigenvalue weighted by molar-refractivity contribution is -0.115. The number of carbonyl (C=O) groups is 1. The quantitative estimate of drug-likeness (QED) is 0.401. The van der Waals surface area contributed by atoms with Gasteiger partial charge in [0.2, 0.25) is 5.91 Å². The molecule has 1 N–H and O–H groups in total. The van der Waals surface area contributed by atoms with Crippen LogP contribution in [0.5, 0.6) is 0 Å². The van der Waals surface area contributed by atoms with Crippen molar-refractivity contribution in [2.24, 2.45) is 5.41 Å². The maximum Gasteiger partial charge on any atom is 0.258 e. The number of rotatable bonds is 7. The zero-order valence-corrected chi connectivity index (χ0v) is 25.3. The molecule has 2 atom stereocenters. The Hall–Kier alpha value is -2.68. The predicted octanol–water partition coefficient (Wildman–Crippen LogP) is 5.65. The van der Waals surface area contributed by atoms with Gasteiger partial charge in [-0.1, -0.05) is 26.8 Å². The van der Waals surface area contributed by atoms with Gasteiger partial charge in [-0.2, -0.15) is 0 Å². The fraction of sp³-hybridized carbons (Fsp3) is 0.531. The molecule has 4 heterocycles. The van der Waals surface area contributed by atoms with E-state index in [1.807, 2.05) is 54.9 Å². The Bertz CT molecular complexity index is 1440. The van der Waals surface area contributed by atoms with Gasteiger partial charge in [0.15, 0.2) is 0 Å². The van der Waals surface area contributed by atoms with Crippen molar-refractivity contribution in [2.45, 2.75) is 70.9 Å². The Kier molecular flexibility index (Phi) is 8.69. The number of thioether (sulfide) groups is 1. The minimum atomic E-state index is -0.0485. The fourth-order valence-corrected chi connectivity index (χ4v) is 7.28. The van der Waals surface area contributed by atoms with Crippen LogP contribution in [0.15, 0.2) is 41.3 Å². The van der Waals surface area contributed by atoms with Crippen LogP contribution in [0.25, 0.3) is 22.0 Å². The molecule has 0 aliphatic carbocycles. The van der Waals surface area contributed by atoms with Crippen molar-refractivity contribution >= 4 is 34.3 Å². The van der Waals surface area contributed by atoms with Gasteiger partial charge in [-0.15, -0.1) is 11.8 Å². The molecule has 2 unspecified atom stereocenters. The van der Waals surface area contributed by atoms with Gasteiger partial charge in [-0.25, -0.2) is 0 Å². The first kappa shape index (κ1) is 28.8. The maximum atomic E-state index is 14.0. The average molecular weight is 563 g/mol. The number of nitrogens with zero attached hydrogens (tertiary/aromatic N) is 3. The van der Waals surface area contributed by atoms with Gasteiger partial charge in [0.05, 0.1) is 24.0 Å². The van der Waals surface area contributed by atoms with E-state index in [-0.39, 0.29) is 22.1 Å². The van der Waals surface area contributed by atoms with Crippen molar-refractivity contribution in [3.05, 3.63) is 58.1 Å². The molecule has 214 valence electrons. The molecule has 3 aromatic rings. The maximum absolute atomic E-state index is 14.0. The number of ether oxygens (including phenoxy) is 1. The van der Waals surface area contributed by atoms with Crippen molar-refractivity contribution < 1.29 is 9.53 Å². The molecular weight excluding hydrogens is 520 g/mol. The van der Waals surface area contributed by atoms with Gasteiger partial charge >= 0.3 is 0 Å². The first-order valence-electron chi connectivity index (χ1n) is 14.5. The molecule has 1 amide bonds. The summed E-state index contributed by atoms with van der Waals surface area (Å²) < 4.78 is 7.39. The third kappa shape index (κ3) is 6.45. The number of aryl methyl sites for hydroxylation is 3. The molecular formula is C32H42N4O3S. The molecule has 1 aromatic carbocycles. The number of benzene rings is 1. The van der Waals surface area contributed by atoms with Gasteiger partial charge in [-0.3, -0.25) is 19.5 Å². The highest BCUT2D eigenvalue weighted by Crippen LogP contribution is 2.43. The van der Waals surface area contributed by atoms with Crippen LogP contribution in [0.2, 0.25) is 0 Å². The summed E-state index contributed by atoms with van der Waals surface area (Å²) in [7, 11) is 0. The topological polar surface area (TPSA) is 76.5 Å². The summed E-state index contributed by atoms with van der Waals surface area (Å²) in [5.41, 5.74) is 5.19. The Balaban J connectivity index is 1.42. The lowest BCUT2D eigenvalue weighted by atomic mass is 9.89. The largest absolute Gasteiger partial charge is 0.379 e. The van der Waals surface area contributed by atoms with Crippen LogP contribution >= 0.6 is 11.8 Å². The summed E-state index contributed by atoms with van der Waals surface area (Å²) in [5.74, 6) is 0.0465. The van der Waals surface area contributed by atoms with Crippen molar-refractivity contribution in [1.82, 2.24) is 14.5 Å². The first-order chi connectivity index (χ1) is 19.1. The molecule has 0 radical (unpaired) electrons. The average Bonchev–Trinajstić information content (AvgIpc) is 3.43. The molecule has 0 saturated carbocycles. The van der Waals surface area contributed by atoms with E-state index in [4.69, 9.17) is 4.74 Å². The van der Waals surface area contributed by atoms with Crippen LogP contribution in [0.1, 0.15) is 51.3 Å². The minimum Gasteiger partial charge on any atom is -0.379 e. The van der Waals surface area contributed by atoms with Gasteiger partial charge in [0, 0.05) is 60.0 Å². The summed E-state index contributed by atoms with van der Waals surface area (Å²) in [4.78, 5) is 34.1. The Morgan fingerprint density at radius 1 is 1.07 bits per heavy atom. The van der Waals surface area contributed by atoms with Crippen LogP contribution in [-0.4, -0.2) is 63.7 Å². The van der Waals surface area contributed by atoms with Gasteiger partial charge in [0.25, 0.3) is 5.56 Å². The van der Waals surface area contributed by atoms with Crippen molar-refractivity contribution in [2.75, 3.05) is 38.2 Å². The Labute approximate surface area is 241 Å². The Morgan fingerprint density at radius 3 is 2.58 bits per heavy atom. The van der Waals surface area contributed by atoms with Crippen LogP contribution in [-0.2, 0) is 16.1 Å². The summed E-state index contributed by atoms with van der Waals surface area (Å²) >= 11 is 1.79. The SMILES string of the molecule is Cc1cc2c(cn1)cc(-c1cc(NC(=O)C3CCC(C(C)(C)C)S3)ccc1C)c(=O)n2CCCN1CCOCC1. The number of nitrogens with one attached hydrogen (secondary N) is 1. The molecule has 8 heteroatoms. The summed E-state index contributed by atoms with van der Waals surface area (Å²) in [5, 5.41) is 4.52. The van der Waals surface area contributed by atoms with E-state index in [2.05, 4.69) is 36.0 Å². The second kappa shape index (κ2) is 12.0. The van der Waals surface area contributed by atoms with E-state index in [1.165, 1.54) is 0 Å². The lowest BCUT2D eigenvalue weighted by Crippen LogP contribution is -2.37. The van der Waals surface area contributed by atoms with Crippen molar-refractivity contribution in [3.8, 4) is 11.1 Å². The predicted molar refractivity (Wildman–Crippen MR) is 165 cm³/mol. The molecule has 2 fully saturated rings. The number of anilines is 1. The number of hydrogen-bond donors (Lipinski definition) is 1. The molecule has 2 aliphatic rings. The second-order valence-corrected chi connectivity index (χ2v) is 13.7. The van der Waals surface area contributed by atoms with Crippen LogP contribution in [0.4, 0.5) is 5.69 Å². The molecule has 2 aromatic heterocycles. The highest BCUT2D eigenvalue weighted by molar-refractivity contribution is 8.01. The molecule has 2 saturated heterocycles. The number of carbonyl (C=O) groups excluding carboxylic acids is 1. The van der Waals surface area contributed by atoms with Gasteiger partial charge in [0.1, 0.15) is 0 Å². The minimum absolute atomic E-state index is 0.00831. The molecule has 40 heavy (non-hydrogen) atoms. The second-order valence-electron chi connectivity index (χ2n) is 12.3. The molecule has 5 rings (SSSR count). The number of amides is 1. The number of pyridine rings is 2. The molecule has 7 nitrogen and oxygen atoms in total. The number of aromatic nitrogens is 2. The zero-order valence-electron chi connectivity index (χ0n) is 24.5. The summed E-state index contributed by atoms with van der Waals surface area (Å²) in [6.45, 7) is 15.7. The van der Waals surface area contributed by atoms with Crippen LogP contribution in [0.3, 0.4) is 0 Å². The van der Waals surface area contributed by atoms with Crippen molar-refractivity contribution in [3.63, 3.8) is 0 Å². The van der Waals surface area contributed by atoms with E-state index < -0.39 is 0 Å². The fourth-order valence-electron chi connectivity index (χ4n) is 5.74. The third-order valence-electron chi connectivity index (χ3n) is 8.15. The molecule has 2 aliphatic heterocycles. The van der Waals surface area contributed by atoms with E-state index in [9.17, 15) is 9.59 Å². The first-order valence-corrected chi connectivity index (χ1v) is 15.4. The van der Waals surface area contributed by atoms with Crippen LogP contribution < -0.4 is 10.9 Å². The normalized spacial score (nSPS) is 20.2. The van der Waals surface area contributed by atoms with E-state index in [0.717, 1.165) is 85.5 Å². The highest BCUT2D eigenvalue weighted by atomic mass is 32.2. The Morgan fingerprint density at radius 2 is 1.85 bits per heavy atom. The smallest absolute Gasteiger partial charge is 0.258 e.